The lowest BCUT2D eigenvalue weighted by molar-refractivity contribution is 0.177. The van der Waals surface area contributed by atoms with E-state index < -0.39 is 6.10 Å². The first-order chi connectivity index (χ1) is 8.61. The molecule has 0 bridgehead atoms. The van der Waals surface area contributed by atoms with Gasteiger partial charge in [-0.15, -0.1) is 0 Å². The van der Waals surface area contributed by atoms with Gasteiger partial charge < -0.3 is 5.11 Å². The number of nitrogens with zero attached hydrogens (tertiary/aromatic N) is 2. The van der Waals surface area contributed by atoms with Crippen LogP contribution in [-0.4, -0.2) is 14.9 Å². The van der Waals surface area contributed by atoms with Crippen molar-refractivity contribution >= 4 is 15.9 Å². The summed E-state index contributed by atoms with van der Waals surface area (Å²) in [6.07, 6.45) is 3.28. The number of aryl methyl sites for hydroxylation is 1. The lowest BCUT2D eigenvalue weighted by atomic mass is 10.0. The van der Waals surface area contributed by atoms with E-state index in [9.17, 15) is 9.50 Å². The standard InChI is InChI=1S/C13H14BrFN2O/c1-2-17-8-9(7-16-17)6-12(18)10-4-3-5-11(15)13(10)14/h3-5,7-8,12,18H,2,6H2,1H3. The number of hydrogen-bond donors (Lipinski definition) is 1. The molecule has 18 heavy (non-hydrogen) atoms. The SMILES string of the molecule is CCn1cc(CC(O)c2cccc(F)c2Br)cn1. The molecule has 1 atom stereocenters. The van der Waals surface area contributed by atoms with Crippen LogP contribution in [0, 0.1) is 5.82 Å². The highest BCUT2D eigenvalue weighted by molar-refractivity contribution is 9.10. The average molecular weight is 313 g/mol. The van der Waals surface area contributed by atoms with E-state index in [1.807, 2.05) is 13.1 Å². The maximum Gasteiger partial charge on any atom is 0.137 e. The molecule has 0 aliphatic rings. The molecule has 0 aliphatic heterocycles. The molecule has 96 valence electrons. The Morgan fingerprint density at radius 3 is 2.94 bits per heavy atom. The van der Waals surface area contributed by atoms with E-state index >= 15 is 0 Å². The first kappa shape index (κ1) is 13.2. The number of halogens is 2. The summed E-state index contributed by atoms with van der Waals surface area (Å²) in [4.78, 5) is 0. The van der Waals surface area contributed by atoms with Gasteiger partial charge in [0, 0.05) is 19.2 Å². The Labute approximate surface area is 113 Å². The van der Waals surface area contributed by atoms with Crippen LogP contribution < -0.4 is 0 Å². The summed E-state index contributed by atoms with van der Waals surface area (Å²) in [5.41, 5.74) is 1.49. The third-order valence-corrected chi connectivity index (χ3v) is 3.62. The molecule has 1 N–H and O–H groups in total. The minimum Gasteiger partial charge on any atom is -0.388 e. The van der Waals surface area contributed by atoms with Crippen molar-refractivity contribution < 1.29 is 9.50 Å². The van der Waals surface area contributed by atoms with E-state index in [4.69, 9.17) is 0 Å². The highest BCUT2D eigenvalue weighted by Crippen LogP contribution is 2.28. The number of aromatic nitrogens is 2. The van der Waals surface area contributed by atoms with Gasteiger partial charge in [-0.25, -0.2) is 4.39 Å². The van der Waals surface area contributed by atoms with Crippen molar-refractivity contribution in [3.8, 4) is 0 Å². The first-order valence-electron chi connectivity index (χ1n) is 5.75. The molecular weight excluding hydrogens is 299 g/mol. The van der Waals surface area contributed by atoms with Gasteiger partial charge in [-0.3, -0.25) is 4.68 Å². The van der Waals surface area contributed by atoms with Crippen molar-refractivity contribution in [2.75, 3.05) is 0 Å². The zero-order valence-electron chi connectivity index (χ0n) is 9.98. The number of hydrogen-bond acceptors (Lipinski definition) is 2. The second-order valence-corrected chi connectivity index (χ2v) is 4.86. The quantitative estimate of drug-likeness (QED) is 0.942. The van der Waals surface area contributed by atoms with E-state index in [2.05, 4.69) is 21.0 Å². The van der Waals surface area contributed by atoms with Gasteiger partial charge in [0.1, 0.15) is 5.82 Å². The Bertz CT molecular complexity index is 542. The van der Waals surface area contributed by atoms with Crippen molar-refractivity contribution in [1.82, 2.24) is 9.78 Å². The number of aliphatic hydroxyl groups excluding tert-OH is 1. The molecule has 0 spiro atoms. The molecule has 0 aliphatic carbocycles. The number of rotatable bonds is 4. The summed E-state index contributed by atoms with van der Waals surface area (Å²) >= 11 is 3.16. The normalized spacial score (nSPS) is 12.7. The van der Waals surface area contributed by atoms with Gasteiger partial charge in [-0.05, 0) is 40.0 Å². The summed E-state index contributed by atoms with van der Waals surface area (Å²) in [5.74, 6) is -0.365. The van der Waals surface area contributed by atoms with Gasteiger partial charge in [-0.2, -0.15) is 5.10 Å². The number of benzene rings is 1. The molecule has 1 heterocycles. The second kappa shape index (κ2) is 5.63. The summed E-state index contributed by atoms with van der Waals surface area (Å²) < 4.78 is 15.5. The molecule has 3 nitrogen and oxygen atoms in total. The largest absolute Gasteiger partial charge is 0.388 e. The fourth-order valence-corrected chi connectivity index (χ4v) is 2.32. The minimum absolute atomic E-state index is 0.320. The summed E-state index contributed by atoms with van der Waals surface area (Å²) in [6, 6.07) is 4.66. The molecule has 0 saturated heterocycles. The maximum absolute atomic E-state index is 13.4. The lowest BCUT2D eigenvalue weighted by Gasteiger charge is -2.12. The van der Waals surface area contributed by atoms with E-state index in [0.29, 0.717) is 16.5 Å². The van der Waals surface area contributed by atoms with Gasteiger partial charge in [-0.1, -0.05) is 12.1 Å². The van der Waals surface area contributed by atoms with Gasteiger partial charge in [0.05, 0.1) is 16.8 Å². The molecule has 0 fully saturated rings. The maximum atomic E-state index is 13.4. The first-order valence-corrected chi connectivity index (χ1v) is 6.54. The predicted molar refractivity (Wildman–Crippen MR) is 70.7 cm³/mol. The van der Waals surface area contributed by atoms with Gasteiger partial charge in [0.25, 0.3) is 0 Å². The molecule has 5 heteroatoms. The Kier molecular flexibility index (Phi) is 4.14. The molecule has 1 aromatic carbocycles. The van der Waals surface area contributed by atoms with E-state index in [1.165, 1.54) is 6.07 Å². The van der Waals surface area contributed by atoms with Crippen molar-refractivity contribution in [3.05, 3.63) is 52.0 Å². The van der Waals surface area contributed by atoms with Gasteiger partial charge in [0.15, 0.2) is 0 Å². The summed E-state index contributed by atoms with van der Waals surface area (Å²) in [7, 11) is 0. The molecule has 0 saturated carbocycles. The van der Waals surface area contributed by atoms with Gasteiger partial charge in [0.2, 0.25) is 0 Å². The minimum atomic E-state index is -0.746. The van der Waals surface area contributed by atoms with Crippen molar-refractivity contribution in [3.63, 3.8) is 0 Å². The van der Waals surface area contributed by atoms with E-state index in [0.717, 1.165) is 12.1 Å². The zero-order chi connectivity index (χ0) is 13.1. The third kappa shape index (κ3) is 2.79. The molecule has 0 radical (unpaired) electrons. The molecule has 2 aromatic rings. The van der Waals surface area contributed by atoms with Crippen LogP contribution in [0.15, 0.2) is 35.1 Å². The highest BCUT2D eigenvalue weighted by Gasteiger charge is 2.15. The molecule has 1 unspecified atom stereocenters. The molecular formula is C13H14BrFN2O. The fraction of sp³-hybridized carbons (Fsp3) is 0.308. The highest BCUT2D eigenvalue weighted by atomic mass is 79.9. The van der Waals surface area contributed by atoms with Crippen LogP contribution in [0.25, 0.3) is 0 Å². The molecule has 0 amide bonds. The van der Waals surface area contributed by atoms with Crippen molar-refractivity contribution in [1.29, 1.82) is 0 Å². The third-order valence-electron chi connectivity index (χ3n) is 2.78. The summed E-state index contributed by atoms with van der Waals surface area (Å²) in [6.45, 7) is 2.79. The van der Waals surface area contributed by atoms with Crippen LogP contribution in [-0.2, 0) is 13.0 Å². The topological polar surface area (TPSA) is 38.0 Å². The fourth-order valence-electron chi connectivity index (χ4n) is 1.80. The lowest BCUT2D eigenvalue weighted by Crippen LogP contribution is -2.03. The number of aliphatic hydroxyl groups is 1. The van der Waals surface area contributed by atoms with Crippen LogP contribution in [0.1, 0.15) is 24.2 Å². The Balaban J connectivity index is 2.16. The smallest absolute Gasteiger partial charge is 0.137 e. The van der Waals surface area contributed by atoms with Crippen LogP contribution in [0.4, 0.5) is 4.39 Å². The van der Waals surface area contributed by atoms with E-state index in [-0.39, 0.29) is 5.82 Å². The monoisotopic (exact) mass is 312 g/mol. The molecule has 1 aromatic heterocycles. The van der Waals surface area contributed by atoms with Crippen LogP contribution in [0.3, 0.4) is 0 Å². The van der Waals surface area contributed by atoms with Crippen LogP contribution in [0.2, 0.25) is 0 Å². The predicted octanol–water partition coefficient (Wildman–Crippen LogP) is 3.08. The van der Waals surface area contributed by atoms with E-state index in [1.54, 1.807) is 23.0 Å². The second-order valence-electron chi connectivity index (χ2n) is 4.07. The molecule has 2 rings (SSSR count). The summed E-state index contributed by atoms with van der Waals surface area (Å²) in [5, 5.41) is 14.3. The Hall–Kier alpha value is -1.20. The van der Waals surface area contributed by atoms with Crippen molar-refractivity contribution in [2.24, 2.45) is 0 Å². The van der Waals surface area contributed by atoms with Crippen molar-refractivity contribution in [2.45, 2.75) is 26.0 Å². The van der Waals surface area contributed by atoms with Crippen LogP contribution >= 0.6 is 15.9 Å². The Morgan fingerprint density at radius 1 is 1.50 bits per heavy atom. The van der Waals surface area contributed by atoms with Gasteiger partial charge >= 0.3 is 0 Å². The zero-order valence-corrected chi connectivity index (χ0v) is 11.6. The average Bonchev–Trinajstić information content (AvgIpc) is 2.80. The van der Waals surface area contributed by atoms with Crippen LogP contribution in [0.5, 0.6) is 0 Å². The Morgan fingerprint density at radius 2 is 2.28 bits per heavy atom.